The maximum Gasteiger partial charge on any atom is 0.335 e. The molecule has 1 aliphatic rings. The Labute approximate surface area is 135 Å². The molecule has 0 aliphatic carbocycles. The van der Waals surface area contributed by atoms with Crippen molar-refractivity contribution in [2.75, 3.05) is 13.2 Å². The summed E-state index contributed by atoms with van der Waals surface area (Å²) in [5.41, 5.74) is 0. The summed E-state index contributed by atoms with van der Waals surface area (Å²) >= 11 is 0. The third-order valence-corrected chi connectivity index (χ3v) is 3.62. The predicted molar refractivity (Wildman–Crippen MR) is 71.4 cm³/mol. The first-order chi connectivity index (χ1) is 11.1. The maximum absolute atomic E-state index is 10.7. The summed E-state index contributed by atoms with van der Waals surface area (Å²) in [6.45, 7) is -1.76. The molecular weight excluding hydrogens is 336 g/mol. The van der Waals surface area contributed by atoms with Crippen LogP contribution in [-0.2, 0) is 14.3 Å². The number of carboxylic acid groups (broad SMARTS) is 1. The Morgan fingerprint density at radius 3 is 2.08 bits per heavy atom. The van der Waals surface area contributed by atoms with E-state index in [4.69, 9.17) is 24.8 Å². The van der Waals surface area contributed by atoms with E-state index in [0.717, 1.165) is 0 Å². The number of hydrogen-bond donors (Lipinski definition) is 9. The van der Waals surface area contributed by atoms with Gasteiger partial charge in [0, 0.05) is 0 Å². The average Bonchev–Trinajstić information content (AvgIpc) is 2.57. The summed E-state index contributed by atoms with van der Waals surface area (Å²) in [5, 5.41) is 84.5. The Balaban J connectivity index is 2.94. The van der Waals surface area contributed by atoms with Gasteiger partial charge in [0.15, 0.2) is 12.4 Å². The van der Waals surface area contributed by atoms with E-state index in [-0.39, 0.29) is 0 Å². The van der Waals surface area contributed by atoms with Crippen LogP contribution in [0.15, 0.2) is 0 Å². The molecule has 0 unspecified atom stereocenters. The van der Waals surface area contributed by atoms with Gasteiger partial charge in [0.2, 0.25) is 0 Å². The molecule has 1 rings (SSSR count). The van der Waals surface area contributed by atoms with Crippen molar-refractivity contribution in [3.63, 3.8) is 0 Å². The zero-order valence-electron chi connectivity index (χ0n) is 12.4. The van der Waals surface area contributed by atoms with Crippen LogP contribution in [-0.4, -0.2) is 120 Å². The smallest absolute Gasteiger partial charge is 0.335 e. The lowest BCUT2D eigenvalue weighted by Gasteiger charge is -2.42. The van der Waals surface area contributed by atoms with Crippen LogP contribution in [0.4, 0.5) is 0 Å². The van der Waals surface area contributed by atoms with Gasteiger partial charge in [-0.25, -0.2) is 4.79 Å². The van der Waals surface area contributed by atoms with Gasteiger partial charge in [0.05, 0.1) is 13.2 Å². The zero-order chi connectivity index (χ0) is 18.6. The number of hydrogen-bond acceptors (Lipinski definition) is 11. The quantitative estimate of drug-likeness (QED) is 0.198. The van der Waals surface area contributed by atoms with Crippen molar-refractivity contribution in [3.05, 3.63) is 0 Å². The van der Waals surface area contributed by atoms with Crippen LogP contribution in [0, 0.1) is 0 Å². The van der Waals surface area contributed by atoms with Crippen molar-refractivity contribution in [1.29, 1.82) is 0 Å². The number of rotatable bonds is 8. The monoisotopic (exact) mass is 358 g/mol. The van der Waals surface area contributed by atoms with Crippen molar-refractivity contribution in [3.8, 4) is 0 Å². The number of aliphatic carboxylic acids is 1. The Hall–Kier alpha value is -0.930. The lowest BCUT2D eigenvalue weighted by atomic mass is 9.98. The molecular formula is C12H22O12. The molecule has 1 heterocycles. The van der Waals surface area contributed by atoms with E-state index in [9.17, 15) is 35.4 Å². The number of aliphatic hydroxyl groups is 8. The molecule has 12 nitrogen and oxygen atoms in total. The highest BCUT2D eigenvalue weighted by atomic mass is 16.7. The molecule has 0 aromatic rings. The minimum Gasteiger partial charge on any atom is -0.479 e. The molecule has 9 atom stereocenters. The fourth-order valence-corrected chi connectivity index (χ4v) is 2.16. The minimum atomic E-state index is -2.39. The van der Waals surface area contributed by atoms with E-state index in [1.807, 2.05) is 0 Å². The molecule has 0 bridgehead atoms. The van der Waals surface area contributed by atoms with Gasteiger partial charge in [-0.3, -0.25) is 0 Å². The summed E-state index contributed by atoms with van der Waals surface area (Å²) in [5.74, 6) is -1.84. The van der Waals surface area contributed by atoms with Gasteiger partial charge in [-0.1, -0.05) is 0 Å². The summed E-state index contributed by atoms with van der Waals surface area (Å²) in [7, 11) is 0. The SMILES string of the molecule is O=C(O)[C@H](O)[C@H](O)[C@@H](O[C@H]1O[C@H](CO)[C@@H](O)[C@H](O)[C@H]1O)[C@@H](O)CO. The molecule has 1 fully saturated rings. The summed E-state index contributed by atoms with van der Waals surface area (Å²) in [4.78, 5) is 10.7. The van der Waals surface area contributed by atoms with Crippen LogP contribution in [0.1, 0.15) is 0 Å². The molecule has 0 amide bonds. The number of carboxylic acids is 1. The molecule has 12 heteroatoms. The molecule has 0 saturated carbocycles. The largest absolute Gasteiger partial charge is 0.479 e. The van der Waals surface area contributed by atoms with E-state index in [0.29, 0.717) is 0 Å². The second kappa shape index (κ2) is 8.96. The average molecular weight is 358 g/mol. The van der Waals surface area contributed by atoms with Gasteiger partial charge in [-0.2, -0.15) is 0 Å². The van der Waals surface area contributed by atoms with Gasteiger partial charge >= 0.3 is 5.97 Å². The molecule has 142 valence electrons. The molecule has 0 aromatic carbocycles. The topological polar surface area (TPSA) is 218 Å². The molecule has 0 aromatic heterocycles. The molecule has 24 heavy (non-hydrogen) atoms. The molecule has 0 spiro atoms. The van der Waals surface area contributed by atoms with Gasteiger partial charge < -0.3 is 55.4 Å². The lowest BCUT2D eigenvalue weighted by Crippen LogP contribution is -2.61. The summed E-state index contributed by atoms with van der Waals surface area (Å²) in [6, 6.07) is 0. The number of carbonyl (C=O) groups is 1. The van der Waals surface area contributed by atoms with Crippen molar-refractivity contribution in [1.82, 2.24) is 0 Å². The Kier molecular flexibility index (Phi) is 7.88. The molecule has 1 saturated heterocycles. The van der Waals surface area contributed by atoms with E-state index in [2.05, 4.69) is 0 Å². The predicted octanol–water partition coefficient (Wildman–Crippen LogP) is -5.67. The first-order valence-corrected chi connectivity index (χ1v) is 6.99. The van der Waals surface area contributed by atoms with Crippen molar-refractivity contribution >= 4 is 5.97 Å². The van der Waals surface area contributed by atoms with Crippen LogP contribution in [0.3, 0.4) is 0 Å². The standard InChI is InChI=1S/C12H22O12/c13-1-3(15)10(7(18)8(19)11(21)22)24-12-9(20)6(17)5(16)4(2-14)23-12/h3-10,12-20H,1-2H2,(H,21,22)/t3-,4+,5+,6-,7-,8+,9+,10-,12+/m0/s1. The fraction of sp³-hybridized carbons (Fsp3) is 0.917. The first-order valence-electron chi connectivity index (χ1n) is 6.99. The third-order valence-electron chi connectivity index (χ3n) is 3.62. The normalized spacial score (nSPS) is 35.9. The van der Waals surface area contributed by atoms with Crippen LogP contribution in [0.25, 0.3) is 0 Å². The molecule has 0 radical (unpaired) electrons. The molecule has 1 aliphatic heterocycles. The van der Waals surface area contributed by atoms with Gasteiger partial charge in [0.1, 0.15) is 42.7 Å². The fourth-order valence-electron chi connectivity index (χ4n) is 2.16. The summed E-state index contributed by atoms with van der Waals surface area (Å²) < 4.78 is 9.98. The Bertz CT molecular complexity index is 403. The van der Waals surface area contributed by atoms with E-state index in [1.165, 1.54) is 0 Å². The second-order valence-electron chi connectivity index (χ2n) is 5.32. The van der Waals surface area contributed by atoms with Crippen molar-refractivity contribution in [2.24, 2.45) is 0 Å². The highest BCUT2D eigenvalue weighted by molar-refractivity contribution is 5.72. The van der Waals surface area contributed by atoms with Gasteiger partial charge in [-0.05, 0) is 0 Å². The highest BCUT2D eigenvalue weighted by Gasteiger charge is 2.47. The Morgan fingerprint density at radius 1 is 1.04 bits per heavy atom. The van der Waals surface area contributed by atoms with Crippen LogP contribution < -0.4 is 0 Å². The lowest BCUT2D eigenvalue weighted by molar-refractivity contribution is -0.326. The second-order valence-corrected chi connectivity index (χ2v) is 5.32. The maximum atomic E-state index is 10.7. The van der Waals surface area contributed by atoms with E-state index >= 15 is 0 Å². The number of aliphatic hydroxyl groups excluding tert-OH is 8. The highest BCUT2D eigenvalue weighted by Crippen LogP contribution is 2.24. The minimum absolute atomic E-state index is 0.766. The number of ether oxygens (including phenoxy) is 2. The van der Waals surface area contributed by atoms with Crippen LogP contribution in [0.5, 0.6) is 0 Å². The van der Waals surface area contributed by atoms with Gasteiger partial charge in [0.25, 0.3) is 0 Å². The van der Waals surface area contributed by atoms with E-state index in [1.54, 1.807) is 0 Å². The van der Waals surface area contributed by atoms with Crippen molar-refractivity contribution < 1.29 is 60.2 Å². The van der Waals surface area contributed by atoms with Crippen LogP contribution in [0.2, 0.25) is 0 Å². The Morgan fingerprint density at radius 2 is 1.62 bits per heavy atom. The first kappa shape index (κ1) is 21.1. The van der Waals surface area contributed by atoms with Gasteiger partial charge in [-0.15, -0.1) is 0 Å². The van der Waals surface area contributed by atoms with Crippen LogP contribution >= 0.6 is 0 Å². The van der Waals surface area contributed by atoms with E-state index < -0.39 is 74.3 Å². The zero-order valence-corrected chi connectivity index (χ0v) is 12.4. The summed E-state index contributed by atoms with van der Waals surface area (Å²) in [6.07, 6.45) is -16.9. The van der Waals surface area contributed by atoms with Crippen molar-refractivity contribution in [2.45, 2.75) is 55.1 Å². The third kappa shape index (κ3) is 4.58. The molecule has 9 N–H and O–H groups in total.